The van der Waals surface area contributed by atoms with Crippen molar-refractivity contribution in [1.29, 1.82) is 5.41 Å². The molecule has 0 spiro atoms. The Bertz CT molecular complexity index is 974. The second-order valence-corrected chi connectivity index (χ2v) is 11.6. The Morgan fingerprint density at radius 1 is 1.25 bits per heavy atom. The van der Waals surface area contributed by atoms with Crippen molar-refractivity contribution in [2.75, 3.05) is 11.4 Å². The van der Waals surface area contributed by atoms with Crippen LogP contribution in [-0.4, -0.2) is 29.9 Å². The molecule has 1 unspecified atom stereocenters. The average Bonchev–Trinajstić information content (AvgIpc) is 3.25. The first-order valence-electron chi connectivity index (χ1n) is 11.7. The van der Waals surface area contributed by atoms with Crippen molar-refractivity contribution in [3.05, 3.63) is 46.2 Å². The van der Waals surface area contributed by atoms with E-state index in [-0.39, 0.29) is 22.5 Å². The van der Waals surface area contributed by atoms with Gasteiger partial charge < -0.3 is 16.0 Å². The summed E-state index contributed by atoms with van der Waals surface area (Å²) in [6.07, 6.45) is 8.38. The molecule has 32 heavy (non-hydrogen) atoms. The molecule has 4 N–H and O–H groups in total. The Balaban J connectivity index is 1.39. The Labute approximate surface area is 199 Å². The van der Waals surface area contributed by atoms with Crippen LogP contribution < -0.4 is 16.0 Å². The van der Waals surface area contributed by atoms with E-state index in [1.807, 2.05) is 29.2 Å². The van der Waals surface area contributed by atoms with Gasteiger partial charge in [-0.25, -0.2) is 0 Å². The van der Waals surface area contributed by atoms with Crippen molar-refractivity contribution in [3.8, 4) is 0 Å². The molecule has 0 saturated carbocycles. The fraction of sp³-hybridized carbons (Fsp3) is 0.520. The van der Waals surface area contributed by atoms with Gasteiger partial charge in [0.05, 0.1) is 10.6 Å². The fourth-order valence-electron chi connectivity index (χ4n) is 4.96. The van der Waals surface area contributed by atoms with Crippen LogP contribution >= 0.6 is 23.1 Å². The number of carbonyl (C=O) groups excluding carboxylic acids is 1. The number of anilines is 1. The maximum absolute atomic E-state index is 13.5. The molecule has 5 nitrogen and oxygen atoms in total. The fourth-order valence-corrected chi connectivity index (χ4v) is 7.23. The quantitative estimate of drug-likeness (QED) is 0.263. The number of unbranched alkanes of at least 4 members (excludes halogenated alkanes) is 2. The number of carbonyl (C=O) groups is 1. The standard InChI is InChI=1S/C25H34N4OS2/c1-17-9-8-15-25(2,28-17)14-6-3-7-16-29-18-10-4-5-11-19(18)32-22(24(29)30)20-12-13-21(31-20)23(26)27/h4-5,10-13,17,22,28H,3,6-9,14-16H2,1-2H3,(H3,26,27)/t17-,22?,25+/m0/s1. The number of para-hydroxylation sites is 1. The van der Waals surface area contributed by atoms with Crippen LogP contribution in [0.15, 0.2) is 41.3 Å². The maximum atomic E-state index is 13.5. The third-order valence-electron chi connectivity index (χ3n) is 6.61. The van der Waals surface area contributed by atoms with Gasteiger partial charge in [-0.05, 0) is 63.8 Å². The predicted molar refractivity (Wildman–Crippen MR) is 136 cm³/mol. The molecular formula is C25H34N4OS2. The largest absolute Gasteiger partial charge is 0.383 e. The van der Waals surface area contributed by atoms with Gasteiger partial charge in [-0.3, -0.25) is 10.2 Å². The van der Waals surface area contributed by atoms with E-state index in [0.29, 0.717) is 6.04 Å². The summed E-state index contributed by atoms with van der Waals surface area (Å²) >= 11 is 3.06. The van der Waals surface area contributed by atoms with Crippen LogP contribution in [0.4, 0.5) is 5.69 Å². The molecule has 2 aliphatic rings. The summed E-state index contributed by atoms with van der Waals surface area (Å²) < 4.78 is 0. The highest BCUT2D eigenvalue weighted by atomic mass is 32.2. The third-order valence-corrected chi connectivity index (χ3v) is 9.24. The van der Waals surface area contributed by atoms with Crippen molar-refractivity contribution < 1.29 is 4.79 Å². The van der Waals surface area contributed by atoms with Crippen LogP contribution in [0.1, 0.15) is 73.8 Å². The molecule has 7 heteroatoms. The predicted octanol–water partition coefficient (Wildman–Crippen LogP) is 5.69. The van der Waals surface area contributed by atoms with Gasteiger partial charge in [0.15, 0.2) is 0 Å². The summed E-state index contributed by atoms with van der Waals surface area (Å²) in [6.45, 7) is 5.40. The first kappa shape index (κ1) is 23.3. The molecule has 1 aromatic carbocycles. The van der Waals surface area contributed by atoms with Gasteiger partial charge in [-0.1, -0.05) is 31.4 Å². The number of fused-ring (bicyclic) bond motifs is 1. The number of piperidine rings is 1. The topological polar surface area (TPSA) is 82.2 Å². The Kier molecular flexibility index (Phi) is 7.27. The lowest BCUT2D eigenvalue weighted by Gasteiger charge is -2.39. The molecule has 0 aliphatic carbocycles. The van der Waals surface area contributed by atoms with Crippen molar-refractivity contribution in [2.45, 2.75) is 80.5 Å². The minimum Gasteiger partial charge on any atom is -0.383 e. The molecule has 1 saturated heterocycles. The van der Waals surface area contributed by atoms with E-state index in [0.717, 1.165) is 39.7 Å². The van der Waals surface area contributed by atoms with E-state index in [9.17, 15) is 4.79 Å². The van der Waals surface area contributed by atoms with Gasteiger partial charge in [0.25, 0.3) is 0 Å². The van der Waals surface area contributed by atoms with E-state index in [1.165, 1.54) is 43.4 Å². The van der Waals surface area contributed by atoms with Crippen LogP contribution in [-0.2, 0) is 4.79 Å². The number of nitrogens with zero attached hydrogens (tertiary/aromatic N) is 1. The highest BCUT2D eigenvalue weighted by molar-refractivity contribution is 8.00. The van der Waals surface area contributed by atoms with Crippen molar-refractivity contribution in [2.24, 2.45) is 5.73 Å². The highest BCUT2D eigenvalue weighted by Gasteiger charge is 2.35. The lowest BCUT2D eigenvalue weighted by Crippen LogP contribution is -2.50. The van der Waals surface area contributed by atoms with Crippen molar-refractivity contribution in [1.82, 2.24) is 5.32 Å². The van der Waals surface area contributed by atoms with Crippen LogP contribution in [0, 0.1) is 5.41 Å². The number of nitrogens with two attached hydrogens (primary N) is 1. The van der Waals surface area contributed by atoms with Crippen LogP contribution in [0.5, 0.6) is 0 Å². The summed E-state index contributed by atoms with van der Waals surface area (Å²) in [5.74, 6) is 0.197. The minimum atomic E-state index is -0.269. The summed E-state index contributed by atoms with van der Waals surface area (Å²) in [5, 5.41) is 11.2. The van der Waals surface area contributed by atoms with Gasteiger partial charge >= 0.3 is 0 Å². The highest BCUT2D eigenvalue weighted by Crippen LogP contribution is 2.48. The molecule has 3 heterocycles. The van der Waals surface area contributed by atoms with E-state index in [2.05, 4.69) is 31.3 Å². The smallest absolute Gasteiger partial charge is 0.245 e. The number of rotatable bonds is 8. The molecule has 172 valence electrons. The van der Waals surface area contributed by atoms with Gasteiger partial charge in [0, 0.05) is 27.9 Å². The molecule has 4 rings (SSSR count). The van der Waals surface area contributed by atoms with Crippen molar-refractivity contribution in [3.63, 3.8) is 0 Å². The monoisotopic (exact) mass is 470 g/mol. The zero-order valence-corrected chi connectivity index (χ0v) is 20.7. The minimum absolute atomic E-state index is 0.0577. The number of hydrogen-bond donors (Lipinski definition) is 3. The number of amidine groups is 1. The van der Waals surface area contributed by atoms with Gasteiger partial charge in [0.1, 0.15) is 11.1 Å². The molecule has 0 radical (unpaired) electrons. The number of benzene rings is 1. The SMILES string of the molecule is C[C@H]1CCC[C@@](C)(CCCCCN2C(=O)C(c3ccc(C(=N)N)s3)Sc3ccccc32)N1. The number of thiophene rings is 1. The second-order valence-electron chi connectivity index (χ2n) is 9.38. The Morgan fingerprint density at radius 3 is 2.81 bits per heavy atom. The normalized spacial score (nSPS) is 25.6. The molecule has 1 aromatic heterocycles. The molecule has 1 fully saturated rings. The van der Waals surface area contributed by atoms with Gasteiger partial charge in [0.2, 0.25) is 5.91 Å². The second kappa shape index (κ2) is 9.98. The number of thioether (sulfide) groups is 1. The molecule has 2 aromatic rings. The summed E-state index contributed by atoms with van der Waals surface area (Å²) in [4.78, 5) is 18.3. The number of nitrogens with one attached hydrogen (secondary N) is 2. The van der Waals surface area contributed by atoms with E-state index < -0.39 is 0 Å². The molecule has 1 amide bonds. The van der Waals surface area contributed by atoms with Crippen molar-refractivity contribution >= 4 is 40.5 Å². The molecule has 2 aliphatic heterocycles. The van der Waals surface area contributed by atoms with E-state index in [1.54, 1.807) is 11.8 Å². The van der Waals surface area contributed by atoms with Crippen LogP contribution in [0.2, 0.25) is 0 Å². The summed E-state index contributed by atoms with van der Waals surface area (Å²) in [7, 11) is 0. The first-order valence-corrected chi connectivity index (χ1v) is 13.3. The third kappa shape index (κ3) is 5.21. The maximum Gasteiger partial charge on any atom is 0.245 e. The molecular weight excluding hydrogens is 436 g/mol. The number of amides is 1. The number of hydrogen-bond acceptors (Lipinski definition) is 5. The average molecular weight is 471 g/mol. The molecule has 0 bridgehead atoms. The van der Waals surface area contributed by atoms with Gasteiger partial charge in [-0.15, -0.1) is 23.1 Å². The lowest BCUT2D eigenvalue weighted by atomic mass is 9.84. The van der Waals surface area contributed by atoms with E-state index >= 15 is 0 Å². The Morgan fingerprint density at radius 2 is 2.06 bits per heavy atom. The molecule has 3 atom stereocenters. The summed E-state index contributed by atoms with van der Waals surface area (Å²) in [6, 6.07) is 12.6. The van der Waals surface area contributed by atoms with Crippen LogP contribution in [0.25, 0.3) is 0 Å². The zero-order valence-electron chi connectivity index (χ0n) is 19.0. The zero-order chi connectivity index (χ0) is 22.7. The van der Waals surface area contributed by atoms with Crippen LogP contribution in [0.3, 0.4) is 0 Å². The Hall–Kier alpha value is -1.83. The number of nitrogen functional groups attached to an aromatic ring is 1. The lowest BCUT2D eigenvalue weighted by molar-refractivity contribution is -0.118. The van der Waals surface area contributed by atoms with Gasteiger partial charge in [-0.2, -0.15) is 0 Å². The first-order chi connectivity index (χ1) is 15.4. The van der Waals surface area contributed by atoms with E-state index in [4.69, 9.17) is 11.1 Å². The summed E-state index contributed by atoms with van der Waals surface area (Å²) in [5.41, 5.74) is 6.94.